The van der Waals surface area contributed by atoms with E-state index in [1.54, 1.807) is 6.92 Å². The minimum absolute atomic E-state index is 0.235. The fraction of sp³-hybridized carbons (Fsp3) is 0.875. The van der Waals surface area contributed by atoms with E-state index in [2.05, 4.69) is 0 Å². The molecule has 1 fully saturated rings. The first kappa shape index (κ1) is 10.4. The van der Waals surface area contributed by atoms with E-state index in [1.807, 2.05) is 0 Å². The molecule has 1 unspecified atom stereocenters. The molecule has 1 saturated carbocycles. The van der Waals surface area contributed by atoms with Gasteiger partial charge >= 0.3 is 5.97 Å². The summed E-state index contributed by atoms with van der Waals surface area (Å²) in [5.41, 5.74) is 0. The van der Waals surface area contributed by atoms with Gasteiger partial charge in [0, 0.05) is 25.4 Å². The maximum Gasteiger partial charge on any atom is 0.333 e. The van der Waals surface area contributed by atoms with Crippen molar-refractivity contribution in [2.24, 2.45) is 5.92 Å². The molecule has 1 atom stereocenters. The molecule has 0 amide bonds. The molecule has 76 valence electrons. The van der Waals surface area contributed by atoms with Gasteiger partial charge in [-0.15, -0.1) is 0 Å². The number of ether oxygens (including phenoxy) is 1. The van der Waals surface area contributed by atoms with E-state index in [-0.39, 0.29) is 19.4 Å². The van der Waals surface area contributed by atoms with Gasteiger partial charge in [-0.1, -0.05) is 0 Å². The van der Waals surface area contributed by atoms with E-state index in [1.165, 1.54) is 0 Å². The highest BCUT2D eigenvalue weighted by molar-refractivity contribution is 5.73. The average molecular weight is 194 g/mol. The monoisotopic (exact) mass is 194 g/mol. The van der Waals surface area contributed by atoms with Gasteiger partial charge in [-0.2, -0.15) is 0 Å². The first-order chi connectivity index (χ1) is 5.96. The maximum absolute atomic E-state index is 12.4. The lowest BCUT2D eigenvalue weighted by atomic mass is 9.77. The second-order valence-electron chi connectivity index (χ2n) is 3.24. The summed E-state index contributed by atoms with van der Waals surface area (Å²) in [5, 5.41) is 8.64. The first-order valence-electron chi connectivity index (χ1n) is 4.18. The van der Waals surface area contributed by atoms with Crippen LogP contribution in [0, 0.1) is 5.92 Å². The van der Waals surface area contributed by atoms with Crippen molar-refractivity contribution in [3.63, 3.8) is 0 Å². The molecule has 1 rings (SSSR count). The second kappa shape index (κ2) is 3.57. The molecule has 0 aromatic heterocycles. The molecule has 0 saturated heterocycles. The highest BCUT2D eigenvalue weighted by Gasteiger charge is 2.50. The number of alkyl halides is 2. The van der Waals surface area contributed by atoms with Crippen molar-refractivity contribution in [1.82, 2.24) is 0 Å². The van der Waals surface area contributed by atoms with Crippen molar-refractivity contribution in [1.29, 1.82) is 0 Å². The predicted molar refractivity (Wildman–Crippen MR) is 40.7 cm³/mol. The van der Waals surface area contributed by atoms with Gasteiger partial charge < -0.3 is 9.84 Å². The lowest BCUT2D eigenvalue weighted by Crippen LogP contribution is -2.46. The fourth-order valence-electron chi connectivity index (χ4n) is 1.51. The molecule has 1 aliphatic rings. The topological polar surface area (TPSA) is 46.5 Å². The van der Waals surface area contributed by atoms with Gasteiger partial charge in [0.1, 0.15) is 0 Å². The molecule has 0 aromatic carbocycles. The summed E-state index contributed by atoms with van der Waals surface area (Å²) in [6, 6.07) is 0. The van der Waals surface area contributed by atoms with Crippen LogP contribution in [-0.2, 0) is 9.53 Å². The Bertz CT molecular complexity index is 198. The van der Waals surface area contributed by atoms with Crippen LogP contribution in [-0.4, -0.2) is 29.7 Å². The number of carbonyl (C=O) groups is 1. The van der Waals surface area contributed by atoms with Gasteiger partial charge in [-0.3, -0.25) is 0 Å². The fourth-order valence-corrected chi connectivity index (χ4v) is 1.51. The first-order valence-corrected chi connectivity index (χ1v) is 4.18. The summed E-state index contributed by atoms with van der Waals surface area (Å²) in [6.07, 6.45) is -1.81. The smallest absolute Gasteiger partial charge is 0.333 e. The highest BCUT2D eigenvalue weighted by atomic mass is 19.3. The summed E-state index contributed by atoms with van der Waals surface area (Å²) in [4.78, 5) is 10.6. The number of hydrogen-bond donors (Lipinski definition) is 1. The summed E-state index contributed by atoms with van der Waals surface area (Å²) >= 11 is 0. The predicted octanol–water partition coefficient (Wildman–Crippen LogP) is 1.52. The molecular weight excluding hydrogens is 182 g/mol. The number of rotatable bonds is 4. The molecule has 0 spiro atoms. The molecule has 3 nitrogen and oxygen atoms in total. The minimum atomic E-state index is -2.69. The average Bonchev–Trinajstić information content (AvgIpc) is 1.95. The quantitative estimate of drug-likeness (QED) is 0.738. The Labute approximate surface area is 74.7 Å². The van der Waals surface area contributed by atoms with E-state index in [0.29, 0.717) is 0 Å². The molecule has 0 radical (unpaired) electrons. The molecule has 0 heterocycles. The zero-order chi connectivity index (χ0) is 10.1. The zero-order valence-electron chi connectivity index (χ0n) is 7.30. The van der Waals surface area contributed by atoms with Gasteiger partial charge in [0.2, 0.25) is 5.92 Å². The van der Waals surface area contributed by atoms with Crippen molar-refractivity contribution in [2.45, 2.75) is 31.8 Å². The third-order valence-electron chi connectivity index (χ3n) is 2.14. The van der Waals surface area contributed by atoms with Crippen molar-refractivity contribution in [2.75, 3.05) is 6.61 Å². The molecule has 5 heteroatoms. The minimum Gasteiger partial charge on any atom is -0.479 e. The second-order valence-corrected chi connectivity index (χ2v) is 3.24. The zero-order valence-corrected chi connectivity index (χ0v) is 7.30. The Kier molecular flexibility index (Phi) is 2.85. The van der Waals surface area contributed by atoms with Gasteiger partial charge in [0.15, 0.2) is 6.10 Å². The normalized spacial score (nSPS) is 23.6. The number of carboxylic acid groups (broad SMARTS) is 1. The summed E-state index contributed by atoms with van der Waals surface area (Å²) in [7, 11) is 0. The standard InChI is InChI=1S/C8H12F2O3/c1-2-13-6(7(11)12)5-3-8(9,10)4-5/h5-6H,2-4H2,1H3,(H,11,12). The van der Waals surface area contributed by atoms with Crippen LogP contribution in [0.15, 0.2) is 0 Å². The third kappa shape index (κ3) is 2.37. The van der Waals surface area contributed by atoms with Gasteiger partial charge in [0.25, 0.3) is 0 Å². The number of halogens is 2. The van der Waals surface area contributed by atoms with Crippen molar-refractivity contribution >= 4 is 5.97 Å². The largest absolute Gasteiger partial charge is 0.479 e. The number of hydrogen-bond acceptors (Lipinski definition) is 2. The molecule has 0 aromatic rings. The van der Waals surface area contributed by atoms with E-state index in [4.69, 9.17) is 9.84 Å². The van der Waals surface area contributed by atoms with Crippen LogP contribution in [0.25, 0.3) is 0 Å². The van der Waals surface area contributed by atoms with Crippen LogP contribution in [0.3, 0.4) is 0 Å². The Morgan fingerprint density at radius 3 is 2.54 bits per heavy atom. The molecule has 0 aliphatic heterocycles. The van der Waals surface area contributed by atoms with Crippen LogP contribution < -0.4 is 0 Å². The maximum atomic E-state index is 12.4. The molecule has 1 aliphatic carbocycles. The lowest BCUT2D eigenvalue weighted by molar-refractivity contribution is -0.177. The summed E-state index contributed by atoms with van der Waals surface area (Å²) < 4.78 is 29.7. The summed E-state index contributed by atoms with van der Waals surface area (Å²) in [5.74, 6) is -4.37. The molecule has 1 N–H and O–H groups in total. The van der Waals surface area contributed by atoms with Crippen LogP contribution in [0.4, 0.5) is 8.78 Å². The lowest BCUT2D eigenvalue weighted by Gasteiger charge is -2.37. The van der Waals surface area contributed by atoms with E-state index < -0.39 is 23.9 Å². The third-order valence-corrected chi connectivity index (χ3v) is 2.14. The Balaban J connectivity index is 2.45. The highest BCUT2D eigenvalue weighted by Crippen LogP contribution is 2.44. The van der Waals surface area contributed by atoms with E-state index >= 15 is 0 Å². The van der Waals surface area contributed by atoms with Crippen molar-refractivity contribution in [3.8, 4) is 0 Å². The molecule has 0 bridgehead atoms. The van der Waals surface area contributed by atoms with E-state index in [0.717, 1.165) is 0 Å². The van der Waals surface area contributed by atoms with Crippen LogP contribution in [0.5, 0.6) is 0 Å². The Morgan fingerprint density at radius 1 is 1.69 bits per heavy atom. The Morgan fingerprint density at radius 2 is 2.23 bits per heavy atom. The Hall–Kier alpha value is -0.710. The molecular formula is C8H12F2O3. The number of aliphatic carboxylic acids is 1. The number of carboxylic acids is 1. The van der Waals surface area contributed by atoms with Crippen LogP contribution >= 0.6 is 0 Å². The van der Waals surface area contributed by atoms with Crippen molar-refractivity contribution in [3.05, 3.63) is 0 Å². The van der Waals surface area contributed by atoms with Gasteiger partial charge in [-0.05, 0) is 6.92 Å². The van der Waals surface area contributed by atoms with Crippen LogP contribution in [0.2, 0.25) is 0 Å². The van der Waals surface area contributed by atoms with Crippen molar-refractivity contribution < 1.29 is 23.4 Å². The molecule has 13 heavy (non-hydrogen) atoms. The van der Waals surface area contributed by atoms with Gasteiger partial charge in [0.05, 0.1) is 0 Å². The SMILES string of the molecule is CCOC(C(=O)O)C1CC(F)(F)C1. The van der Waals surface area contributed by atoms with Crippen LogP contribution in [0.1, 0.15) is 19.8 Å². The van der Waals surface area contributed by atoms with E-state index in [9.17, 15) is 13.6 Å². The summed E-state index contributed by atoms with van der Waals surface area (Å²) in [6.45, 7) is 1.88. The van der Waals surface area contributed by atoms with Gasteiger partial charge in [-0.25, -0.2) is 13.6 Å².